The lowest BCUT2D eigenvalue weighted by Crippen LogP contribution is -2.14. The van der Waals surface area contributed by atoms with E-state index < -0.39 is 15.0 Å². The lowest BCUT2D eigenvalue weighted by molar-refractivity contribution is -0.111. The summed E-state index contributed by atoms with van der Waals surface area (Å²) in [4.78, 5) is 11.6. The molecule has 0 aromatic heterocycles. The molecule has 0 heterocycles. The fraction of sp³-hybridized carbons (Fsp3) is 0.417. The van der Waals surface area contributed by atoms with Gasteiger partial charge in [-0.1, -0.05) is 19.8 Å². The first-order valence-corrected chi connectivity index (χ1v) is 7.10. The van der Waals surface area contributed by atoms with Crippen LogP contribution < -0.4 is 5.73 Å². The monoisotopic (exact) mass is 255 g/mol. The molecule has 0 saturated heterocycles. The maximum Gasteiger partial charge on any atom is 0.251 e. The number of carbonyl (C=O) groups is 1. The molecule has 4 nitrogen and oxygen atoms in total. The minimum Gasteiger partial charge on any atom is -0.399 e. The number of unbranched alkanes of at least 4 members (excludes halogenated alkanes) is 2. The fourth-order valence-corrected chi connectivity index (χ4v) is 2.60. The van der Waals surface area contributed by atoms with Crippen LogP contribution in [0.5, 0.6) is 0 Å². The van der Waals surface area contributed by atoms with Gasteiger partial charge in [-0.2, -0.15) is 0 Å². The molecule has 17 heavy (non-hydrogen) atoms. The van der Waals surface area contributed by atoms with Crippen LogP contribution in [0, 0.1) is 0 Å². The fourth-order valence-electron chi connectivity index (χ4n) is 1.43. The molecule has 0 aliphatic heterocycles. The van der Waals surface area contributed by atoms with Crippen molar-refractivity contribution in [3.8, 4) is 0 Å². The molecule has 94 valence electrons. The Balaban J connectivity index is 2.80. The van der Waals surface area contributed by atoms with E-state index >= 15 is 0 Å². The van der Waals surface area contributed by atoms with E-state index in [4.69, 9.17) is 5.73 Å². The number of benzene rings is 1. The van der Waals surface area contributed by atoms with E-state index in [1.807, 2.05) is 6.92 Å². The highest BCUT2D eigenvalue weighted by Crippen LogP contribution is 2.16. The molecule has 0 bridgehead atoms. The number of anilines is 1. The summed E-state index contributed by atoms with van der Waals surface area (Å²) in [5.74, 6) is 0. The van der Waals surface area contributed by atoms with E-state index in [1.54, 1.807) is 0 Å². The second-order valence-electron chi connectivity index (χ2n) is 3.90. The van der Waals surface area contributed by atoms with Crippen LogP contribution in [0.4, 0.5) is 5.69 Å². The van der Waals surface area contributed by atoms with Crippen LogP contribution in [0.25, 0.3) is 0 Å². The second-order valence-corrected chi connectivity index (χ2v) is 5.84. The van der Waals surface area contributed by atoms with Gasteiger partial charge in [-0.25, -0.2) is 8.42 Å². The molecule has 0 aliphatic rings. The van der Waals surface area contributed by atoms with Crippen LogP contribution in [-0.2, 0) is 14.6 Å². The summed E-state index contributed by atoms with van der Waals surface area (Å²) in [6.45, 7) is 2.00. The molecule has 5 heteroatoms. The quantitative estimate of drug-likeness (QED) is 0.646. The van der Waals surface area contributed by atoms with Gasteiger partial charge < -0.3 is 5.73 Å². The second kappa shape index (κ2) is 5.82. The summed E-state index contributed by atoms with van der Waals surface area (Å²) in [5, 5.41) is -0.712. The highest BCUT2D eigenvalue weighted by atomic mass is 32.2. The molecule has 0 unspecified atom stereocenters. The van der Waals surface area contributed by atoms with Crippen molar-refractivity contribution < 1.29 is 13.2 Å². The predicted molar refractivity (Wildman–Crippen MR) is 67.2 cm³/mol. The van der Waals surface area contributed by atoms with Crippen LogP contribution >= 0.6 is 0 Å². The van der Waals surface area contributed by atoms with E-state index in [-0.39, 0.29) is 11.3 Å². The third-order valence-corrected chi connectivity index (χ3v) is 4.17. The maximum absolute atomic E-state index is 11.8. The van der Waals surface area contributed by atoms with Gasteiger partial charge in [0.2, 0.25) is 9.84 Å². The average molecular weight is 255 g/mol. The van der Waals surface area contributed by atoms with Crippen LogP contribution in [0.2, 0.25) is 0 Å². The van der Waals surface area contributed by atoms with Gasteiger partial charge in [-0.05, 0) is 30.7 Å². The Kier molecular flexibility index (Phi) is 4.69. The zero-order valence-electron chi connectivity index (χ0n) is 9.85. The third-order valence-electron chi connectivity index (χ3n) is 2.47. The maximum atomic E-state index is 11.8. The molecule has 0 saturated carbocycles. The number of rotatable bonds is 5. The largest absolute Gasteiger partial charge is 0.399 e. The molecule has 0 aliphatic carbocycles. The zero-order valence-corrected chi connectivity index (χ0v) is 10.7. The zero-order chi connectivity index (χ0) is 12.9. The summed E-state index contributed by atoms with van der Waals surface area (Å²) < 4.78 is 23.7. The minimum atomic E-state index is -3.83. The van der Waals surface area contributed by atoms with Crippen molar-refractivity contribution in [1.82, 2.24) is 0 Å². The molecule has 0 amide bonds. The van der Waals surface area contributed by atoms with Gasteiger partial charge in [-0.3, -0.25) is 4.79 Å². The van der Waals surface area contributed by atoms with Crippen molar-refractivity contribution in [3.05, 3.63) is 24.3 Å². The van der Waals surface area contributed by atoms with E-state index in [0.29, 0.717) is 12.1 Å². The SMILES string of the molecule is CCCCCC(=O)S(=O)(=O)c1ccc(N)cc1. The third kappa shape index (κ3) is 3.56. The molecule has 1 aromatic rings. The van der Waals surface area contributed by atoms with Crippen molar-refractivity contribution in [2.24, 2.45) is 0 Å². The molecule has 0 spiro atoms. The first-order chi connectivity index (χ1) is 7.98. The van der Waals surface area contributed by atoms with Gasteiger partial charge in [0.25, 0.3) is 5.12 Å². The summed E-state index contributed by atoms with van der Waals surface area (Å²) in [7, 11) is -3.83. The Morgan fingerprint density at radius 3 is 2.29 bits per heavy atom. The molecule has 2 N–H and O–H groups in total. The van der Waals surface area contributed by atoms with Crippen molar-refractivity contribution in [3.63, 3.8) is 0 Å². The average Bonchev–Trinajstić information content (AvgIpc) is 2.29. The lowest BCUT2D eigenvalue weighted by Gasteiger charge is -2.03. The van der Waals surface area contributed by atoms with Crippen molar-refractivity contribution >= 4 is 20.6 Å². The lowest BCUT2D eigenvalue weighted by atomic mass is 10.2. The van der Waals surface area contributed by atoms with Gasteiger partial charge in [0.05, 0.1) is 4.90 Å². The van der Waals surface area contributed by atoms with E-state index in [0.717, 1.165) is 12.8 Å². The van der Waals surface area contributed by atoms with Crippen molar-refractivity contribution in [2.75, 3.05) is 5.73 Å². The van der Waals surface area contributed by atoms with Crippen LogP contribution in [0.1, 0.15) is 32.6 Å². The molecule has 0 atom stereocenters. The van der Waals surface area contributed by atoms with Gasteiger partial charge in [0.1, 0.15) is 0 Å². The molecular weight excluding hydrogens is 238 g/mol. The summed E-state index contributed by atoms with van der Waals surface area (Å²) in [5.41, 5.74) is 5.94. The van der Waals surface area contributed by atoms with E-state index in [9.17, 15) is 13.2 Å². The topological polar surface area (TPSA) is 77.2 Å². The molecular formula is C12H17NO3S. The van der Waals surface area contributed by atoms with E-state index in [2.05, 4.69) is 0 Å². The van der Waals surface area contributed by atoms with Gasteiger partial charge in [0.15, 0.2) is 0 Å². The number of nitrogens with two attached hydrogens (primary N) is 1. The number of carbonyl (C=O) groups excluding carboxylic acids is 1. The first kappa shape index (κ1) is 13.7. The molecule has 0 radical (unpaired) electrons. The number of hydrogen-bond acceptors (Lipinski definition) is 4. The standard InChI is InChI=1S/C12H17NO3S/c1-2-3-4-5-12(14)17(15,16)11-8-6-10(13)7-9-11/h6-9H,2-5,13H2,1H3. The molecule has 1 aromatic carbocycles. The van der Waals surface area contributed by atoms with E-state index in [1.165, 1.54) is 24.3 Å². The first-order valence-electron chi connectivity index (χ1n) is 5.62. The molecule has 0 fully saturated rings. The molecule has 1 rings (SSSR count). The van der Waals surface area contributed by atoms with Gasteiger partial charge in [0, 0.05) is 12.1 Å². The van der Waals surface area contributed by atoms with Crippen molar-refractivity contribution in [1.29, 1.82) is 0 Å². The Labute approximate surface area is 102 Å². The summed E-state index contributed by atoms with van der Waals surface area (Å²) in [6.07, 6.45) is 2.52. The normalized spacial score (nSPS) is 11.4. The summed E-state index contributed by atoms with van der Waals surface area (Å²) >= 11 is 0. The van der Waals surface area contributed by atoms with Crippen molar-refractivity contribution in [2.45, 2.75) is 37.5 Å². The Morgan fingerprint density at radius 2 is 1.76 bits per heavy atom. The van der Waals surface area contributed by atoms with Gasteiger partial charge >= 0.3 is 0 Å². The summed E-state index contributed by atoms with van der Waals surface area (Å²) in [6, 6.07) is 5.68. The smallest absolute Gasteiger partial charge is 0.251 e. The highest BCUT2D eigenvalue weighted by molar-refractivity contribution is 8.06. The Bertz CT molecular complexity index is 477. The minimum absolute atomic E-state index is 0.0215. The van der Waals surface area contributed by atoms with Crippen LogP contribution in [-0.4, -0.2) is 13.5 Å². The number of hydrogen-bond donors (Lipinski definition) is 1. The number of sulfone groups is 1. The predicted octanol–water partition coefficient (Wildman–Crippen LogP) is 2.15. The highest BCUT2D eigenvalue weighted by Gasteiger charge is 2.23. The van der Waals surface area contributed by atoms with Gasteiger partial charge in [-0.15, -0.1) is 0 Å². The van der Waals surface area contributed by atoms with Crippen LogP contribution in [0.3, 0.4) is 0 Å². The Morgan fingerprint density at radius 1 is 1.18 bits per heavy atom. The van der Waals surface area contributed by atoms with Crippen LogP contribution in [0.15, 0.2) is 29.2 Å². The number of nitrogen functional groups attached to an aromatic ring is 1. The Hall–Kier alpha value is -1.36.